The lowest BCUT2D eigenvalue weighted by Crippen LogP contribution is -2.24. The van der Waals surface area contributed by atoms with Gasteiger partial charge in [-0.1, -0.05) is 43.9 Å². The Kier molecular flexibility index (Phi) is 4.07. The summed E-state index contributed by atoms with van der Waals surface area (Å²) < 4.78 is 5.82. The first-order chi connectivity index (χ1) is 9.38. The Morgan fingerprint density at radius 3 is 2.68 bits per heavy atom. The lowest BCUT2D eigenvalue weighted by atomic mass is 9.80. The highest BCUT2D eigenvalue weighted by Gasteiger charge is 2.30. The first kappa shape index (κ1) is 13.0. The molecule has 1 aliphatic heterocycles. The van der Waals surface area contributed by atoms with Crippen molar-refractivity contribution >= 4 is 0 Å². The Labute approximate surface area is 116 Å². The maximum atomic E-state index is 6.00. The maximum absolute atomic E-state index is 6.00. The van der Waals surface area contributed by atoms with Gasteiger partial charge in [-0.25, -0.2) is 0 Å². The molecule has 2 heteroatoms. The van der Waals surface area contributed by atoms with Crippen molar-refractivity contribution in [3.8, 4) is 5.75 Å². The van der Waals surface area contributed by atoms with Gasteiger partial charge in [0.15, 0.2) is 0 Å². The van der Waals surface area contributed by atoms with Crippen LogP contribution in [0.15, 0.2) is 24.3 Å². The molecule has 19 heavy (non-hydrogen) atoms. The van der Waals surface area contributed by atoms with Crippen molar-refractivity contribution in [2.75, 3.05) is 13.2 Å². The molecule has 2 aliphatic rings. The first-order valence-corrected chi connectivity index (χ1v) is 7.80. The molecule has 0 saturated heterocycles. The fourth-order valence-corrected chi connectivity index (χ4v) is 3.87. The summed E-state index contributed by atoms with van der Waals surface area (Å²) in [6.07, 6.45) is 8.10. The van der Waals surface area contributed by atoms with Gasteiger partial charge in [0.2, 0.25) is 0 Å². The van der Waals surface area contributed by atoms with E-state index in [0.717, 1.165) is 30.7 Å². The topological polar surface area (TPSA) is 35.2 Å². The molecular weight excluding hydrogens is 234 g/mol. The van der Waals surface area contributed by atoms with Crippen molar-refractivity contribution in [1.29, 1.82) is 0 Å². The predicted molar refractivity (Wildman–Crippen MR) is 78.4 cm³/mol. The summed E-state index contributed by atoms with van der Waals surface area (Å²) in [5.41, 5.74) is 7.42. The fourth-order valence-electron chi connectivity index (χ4n) is 3.87. The molecule has 2 nitrogen and oxygen atoms in total. The Bertz CT molecular complexity index is 417. The van der Waals surface area contributed by atoms with Crippen molar-refractivity contribution in [3.05, 3.63) is 29.8 Å². The molecule has 2 N–H and O–H groups in total. The van der Waals surface area contributed by atoms with Gasteiger partial charge in [-0.2, -0.15) is 0 Å². The zero-order valence-electron chi connectivity index (χ0n) is 11.7. The number of hydrogen-bond acceptors (Lipinski definition) is 2. The Balaban J connectivity index is 1.70. The highest BCUT2D eigenvalue weighted by atomic mass is 16.5. The van der Waals surface area contributed by atoms with Gasteiger partial charge in [0.05, 0.1) is 6.61 Å². The summed E-state index contributed by atoms with van der Waals surface area (Å²) in [7, 11) is 0. The summed E-state index contributed by atoms with van der Waals surface area (Å²) in [6, 6.07) is 8.54. The Hall–Kier alpha value is -1.02. The summed E-state index contributed by atoms with van der Waals surface area (Å²) in [4.78, 5) is 0. The van der Waals surface area contributed by atoms with Crippen LogP contribution in [0.1, 0.15) is 50.0 Å². The molecule has 1 aliphatic carbocycles. The first-order valence-electron chi connectivity index (χ1n) is 7.80. The molecule has 3 rings (SSSR count). The second kappa shape index (κ2) is 5.96. The van der Waals surface area contributed by atoms with Crippen LogP contribution < -0.4 is 10.5 Å². The van der Waals surface area contributed by atoms with E-state index in [1.165, 1.54) is 44.1 Å². The van der Waals surface area contributed by atoms with Crippen LogP contribution in [0.4, 0.5) is 0 Å². The normalized spacial score (nSPS) is 30.5. The van der Waals surface area contributed by atoms with Crippen LogP contribution in [0, 0.1) is 11.8 Å². The van der Waals surface area contributed by atoms with Crippen molar-refractivity contribution in [3.63, 3.8) is 0 Å². The average Bonchev–Trinajstić information content (AvgIpc) is 2.71. The van der Waals surface area contributed by atoms with Gasteiger partial charge in [-0.15, -0.1) is 0 Å². The molecule has 3 unspecified atom stereocenters. The SMILES string of the molecule is NCC1CCCCCC1CC1COc2ccccc21. The number of para-hydroxylation sites is 1. The third-order valence-corrected chi connectivity index (χ3v) is 5.01. The molecule has 0 amide bonds. The van der Waals surface area contributed by atoms with E-state index >= 15 is 0 Å². The molecule has 0 aromatic heterocycles. The van der Waals surface area contributed by atoms with E-state index in [2.05, 4.69) is 24.3 Å². The van der Waals surface area contributed by atoms with Gasteiger partial charge < -0.3 is 10.5 Å². The van der Waals surface area contributed by atoms with Gasteiger partial charge in [0.25, 0.3) is 0 Å². The van der Waals surface area contributed by atoms with E-state index < -0.39 is 0 Å². The molecule has 0 bridgehead atoms. The molecule has 1 fully saturated rings. The largest absolute Gasteiger partial charge is 0.493 e. The molecule has 0 spiro atoms. The van der Waals surface area contributed by atoms with Gasteiger partial charge in [0, 0.05) is 11.5 Å². The summed E-state index contributed by atoms with van der Waals surface area (Å²) in [5, 5.41) is 0. The molecule has 1 aromatic carbocycles. The molecule has 104 valence electrons. The molecule has 1 aromatic rings. The second-order valence-electron chi connectivity index (χ2n) is 6.18. The summed E-state index contributed by atoms with van der Waals surface area (Å²) >= 11 is 0. The quantitative estimate of drug-likeness (QED) is 0.840. The van der Waals surface area contributed by atoms with Gasteiger partial charge in [-0.3, -0.25) is 0 Å². The number of ether oxygens (including phenoxy) is 1. The third kappa shape index (κ3) is 2.79. The minimum Gasteiger partial charge on any atom is -0.493 e. The van der Waals surface area contributed by atoms with Crippen LogP contribution in [-0.2, 0) is 0 Å². The smallest absolute Gasteiger partial charge is 0.122 e. The average molecular weight is 259 g/mol. The van der Waals surface area contributed by atoms with Crippen molar-refractivity contribution < 1.29 is 4.74 Å². The third-order valence-electron chi connectivity index (χ3n) is 5.01. The Morgan fingerprint density at radius 2 is 1.84 bits per heavy atom. The number of fused-ring (bicyclic) bond motifs is 1. The van der Waals surface area contributed by atoms with Crippen molar-refractivity contribution in [1.82, 2.24) is 0 Å². The van der Waals surface area contributed by atoms with E-state index in [1.807, 2.05) is 0 Å². The number of hydrogen-bond donors (Lipinski definition) is 1. The second-order valence-corrected chi connectivity index (χ2v) is 6.18. The van der Waals surface area contributed by atoms with Crippen LogP contribution in [0.25, 0.3) is 0 Å². The van der Waals surface area contributed by atoms with Crippen LogP contribution in [0.5, 0.6) is 5.75 Å². The standard InChI is InChI=1S/C17H25NO/c18-11-14-7-3-1-2-6-13(14)10-15-12-19-17-9-5-4-8-16(15)17/h4-5,8-9,13-15H,1-3,6-7,10-12,18H2. The van der Waals surface area contributed by atoms with E-state index in [1.54, 1.807) is 0 Å². The molecule has 1 saturated carbocycles. The molecule has 1 heterocycles. The van der Waals surface area contributed by atoms with Gasteiger partial charge in [0.1, 0.15) is 5.75 Å². The Morgan fingerprint density at radius 1 is 1.05 bits per heavy atom. The highest BCUT2D eigenvalue weighted by Crippen LogP contribution is 2.41. The van der Waals surface area contributed by atoms with Crippen LogP contribution in [0.3, 0.4) is 0 Å². The number of rotatable bonds is 3. The van der Waals surface area contributed by atoms with Gasteiger partial charge >= 0.3 is 0 Å². The predicted octanol–water partition coefficient (Wildman–Crippen LogP) is 3.71. The minimum absolute atomic E-state index is 0.591. The van der Waals surface area contributed by atoms with Crippen LogP contribution >= 0.6 is 0 Å². The minimum atomic E-state index is 0.591. The molecule has 0 radical (unpaired) electrons. The van der Waals surface area contributed by atoms with E-state index in [0.29, 0.717) is 5.92 Å². The zero-order valence-corrected chi connectivity index (χ0v) is 11.7. The fraction of sp³-hybridized carbons (Fsp3) is 0.647. The van der Waals surface area contributed by atoms with E-state index in [-0.39, 0.29) is 0 Å². The van der Waals surface area contributed by atoms with Gasteiger partial charge in [-0.05, 0) is 37.3 Å². The molecular formula is C17H25NO. The van der Waals surface area contributed by atoms with Crippen LogP contribution in [-0.4, -0.2) is 13.2 Å². The number of benzene rings is 1. The van der Waals surface area contributed by atoms with Crippen molar-refractivity contribution in [2.24, 2.45) is 17.6 Å². The van der Waals surface area contributed by atoms with E-state index in [4.69, 9.17) is 10.5 Å². The zero-order chi connectivity index (χ0) is 13.1. The van der Waals surface area contributed by atoms with Crippen molar-refractivity contribution in [2.45, 2.75) is 44.4 Å². The lowest BCUT2D eigenvalue weighted by Gasteiger charge is -2.26. The summed E-state index contributed by atoms with van der Waals surface area (Å²) in [6.45, 7) is 1.73. The lowest BCUT2D eigenvalue weighted by molar-refractivity contribution is 0.253. The number of nitrogens with two attached hydrogens (primary N) is 1. The van der Waals surface area contributed by atoms with E-state index in [9.17, 15) is 0 Å². The molecule has 3 atom stereocenters. The summed E-state index contributed by atoms with van der Waals surface area (Å²) in [5.74, 6) is 3.22. The van der Waals surface area contributed by atoms with Crippen LogP contribution in [0.2, 0.25) is 0 Å². The maximum Gasteiger partial charge on any atom is 0.122 e. The highest BCUT2D eigenvalue weighted by molar-refractivity contribution is 5.39. The monoisotopic (exact) mass is 259 g/mol.